The Bertz CT molecular complexity index is 1090. The minimum absolute atomic E-state index is 0.0777. The molecule has 8 nitrogen and oxygen atoms in total. The van der Waals surface area contributed by atoms with Crippen molar-refractivity contribution in [1.82, 2.24) is 19.9 Å². The van der Waals surface area contributed by atoms with Crippen LogP contribution in [0.5, 0.6) is 0 Å². The highest BCUT2D eigenvalue weighted by atomic mass is 19.4. The third-order valence-corrected chi connectivity index (χ3v) is 5.54. The summed E-state index contributed by atoms with van der Waals surface area (Å²) in [7, 11) is 1.47. The standard InChI is InChI=1S/C22H24F5N7O/c1-13-6-21(23,24)12-34(17(13)11-33-20-31-8-15(9-32-20)22(25,26)27)19(35)18(28)16(10-29-2)14-4-3-5-30-7-14/h3-5,7-10,13,17H,6,11-12,28H2,1-2H3,(H,31,32,33)/t13-,17?/m1/s1. The lowest BCUT2D eigenvalue weighted by Crippen LogP contribution is -2.58. The van der Waals surface area contributed by atoms with Gasteiger partial charge < -0.3 is 16.0 Å². The van der Waals surface area contributed by atoms with E-state index < -0.39 is 48.5 Å². The zero-order chi connectivity index (χ0) is 25.8. The van der Waals surface area contributed by atoms with Crippen molar-refractivity contribution in [2.24, 2.45) is 16.6 Å². The lowest BCUT2D eigenvalue weighted by molar-refractivity contribution is -0.148. The number of nitrogens with two attached hydrogens (primary N) is 1. The molecule has 1 unspecified atom stereocenters. The summed E-state index contributed by atoms with van der Waals surface area (Å²) in [5.41, 5.74) is 5.54. The van der Waals surface area contributed by atoms with Crippen LogP contribution in [0.25, 0.3) is 5.57 Å². The maximum absolute atomic E-state index is 14.5. The van der Waals surface area contributed by atoms with Gasteiger partial charge in [-0.05, 0) is 12.0 Å². The number of anilines is 1. The molecule has 1 saturated heterocycles. The Morgan fingerprint density at radius 1 is 1.31 bits per heavy atom. The van der Waals surface area contributed by atoms with Gasteiger partial charge in [0.1, 0.15) is 5.70 Å². The average Bonchev–Trinajstić information content (AvgIpc) is 2.80. The van der Waals surface area contributed by atoms with Gasteiger partial charge in [0.15, 0.2) is 0 Å². The normalized spacial score (nSPS) is 21.1. The molecule has 0 radical (unpaired) electrons. The fourth-order valence-corrected chi connectivity index (χ4v) is 3.86. The molecule has 0 bridgehead atoms. The number of rotatable bonds is 6. The SMILES string of the molecule is CN=CC(=C(N)C(=O)N1CC(F)(F)C[C@@H](C)C1CNc1ncc(C(F)(F)F)cn1)c1cccnc1. The van der Waals surface area contributed by atoms with Crippen LogP contribution >= 0.6 is 0 Å². The van der Waals surface area contributed by atoms with E-state index in [1.165, 1.54) is 25.7 Å². The highest BCUT2D eigenvalue weighted by molar-refractivity contribution is 6.18. The molecule has 0 aromatic carbocycles. The summed E-state index contributed by atoms with van der Waals surface area (Å²) in [6.45, 7) is 0.606. The fraction of sp³-hybridized carbons (Fsp3) is 0.409. The summed E-state index contributed by atoms with van der Waals surface area (Å²) in [5, 5.41) is 2.74. The summed E-state index contributed by atoms with van der Waals surface area (Å²) in [6.07, 6.45) is 0.490. The van der Waals surface area contributed by atoms with Gasteiger partial charge in [-0.1, -0.05) is 13.0 Å². The van der Waals surface area contributed by atoms with Crippen molar-refractivity contribution in [2.75, 3.05) is 25.5 Å². The molecule has 35 heavy (non-hydrogen) atoms. The summed E-state index contributed by atoms with van der Waals surface area (Å²) in [6, 6.07) is 2.52. The quantitative estimate of drug-likeness (QED) is 0.360. The molecule has 2 aromatic heterocycles. The number of likely N-dealkylation sites (tertiary alicyclic amines) is 1. The van der Waals surface area contributed by atoms with Gasteiger partial charge in [-0.25, -0.2) is 18.7 Å². The maximum atomic E-state index is 14.5. The van der Waals surface area contributed by atoms with Crippen LogP contribution in [0.3, 0.4) is 0 Å². The van der Waals surface area contributed by atoms with Crippen LogP contribution in [0.1, 0.15) is 24.5 Å². The number of piperidine rings is 1. The van der Waals surface area contributed by atoms with E-state index in [4.69, 9.17) is 5.73 Å². The lowest BCUT2D eigenvalue weighted by atomic mass is 9.88. The molecule has 188 valence electrons. The number of amides is 1. The molecule has 1 fully saturated rings. The second-order valence-corrected chi connectivity index (χ2v) is 8.17. The van der Waals surface area contributed by atoms with Gasteiger partial charge in [-0.2, -0.15) is 13.2 Å². The molecule has 13 heteroatoms. The number of carbonyl (C=O) groups excluding carboxylic acids is 1. The van der Waals surface area contributed by atoms with Crippen LogP contribution in [-0.2, 0) is 11.0 Å². The number of pyridine rings is 1. The first-order chi connectivity index (χ1) is 16.4. The third-order valence-electron chi connectivity index (χ3n) is 5.54. The van der Waals surface area contributed by atoms with E-state index in [1.807, 2.05) is 0 Å². The average molecular weight is 497 g/mol. The maximum Gasteiger partial charge on any atom is 0.419 e. The molecule has 3 N–H and O–H groups in total. The van der Waals surface area contributed by atoms with Crippen molar-refractivity contribution in [2.45, 2.75) is 31.5 Å². The number of nitrogens with zero attached hydrogens (tertiary/aromatic N) is 5. The van der Waals surface area contributed by atoms with Crippen molar-refractivity contribution < 1.29 is 26.7 Å². The number of hydrogen-bond donors (Lipinski definition) is 2. The molecule has 1 amide bonds. The lowest BCUT2D eigenvalue weighted by Gasteiger charge is -2.43. The van der Waals surface area contributed by atoms with Gasteiger partial charge >= 0.3 is 6.18 Å². The van der Waals surface area contributed by atoms with Gasteiger partial charge in [0.2, 0.25) is 5.95 Å². The highest BCUT2D eigenvalue weighted by Crippen LogP contribution is 2.35. The van der Waals surface area contributed by atoms with Crippen LogP contribution in [0.4, 0.5) is 27.9 Å². The summed E-state index contributed by atoms with van der Waals surface area (Å²) < 4.78 is 67.1. The molecular weight excluding hydrogens is 473 g/mol. The molecule has 3 rings (SSSR count). The van der Waals surface area contributed by atoms with Gasteiger partial charge in [0.05, 0.1) is 18.2 Å². The number of hydrogen-bond acceptors (Lipinski definition) is 7. The van der Waals surface area contributed by atoms with E-state index in [0.29, 0.717) is 18.0 Å². The number of alkyl halides is 5. The van der Waals surface area contributed by atoms with Crippen LogP contribution < -0.4 is 11.1 Å². The Hall–Kier alpha value is -3.64. The Morgan fingerprint density at radius 2 is 2.00 bits per heavy atom. The Labute approximate surface area is 198 Å². The van der Waals surface area contributed by atoms with Crippen molar-refractivity contribution in [3.8, 4) is 0 Å². The Balaban J connectivity index is 1.88. The molecule has 3 heterocycles. The van der Waals surface area contributed by atoms with E-state index in [0.717, 1.165) is 4.90 Å². The smallest absolute Gasteiger partial charge is 0.394 e. The van der Waals surface area contributed by atoms with E-state index in [9.17, 15) is 26.7 Å². The molecule has 1 aliphatic rings. The molecular formula is C22H24F5N7O. The number of nitrogens with one attached hydrogen (secondary N) is 1. The minimum atomic E-state index is -4.59. The predicted molar refractivity (Wildman–Crippen MR) is 120 cm³/mol. The molecule has 0 spiro atoms. The van der Waals surface area contributed by atoms with E-state index in [-0.39, 0.29) is 23.8 Å². The largest absolute Gasteiger partial charge is 0.419 e. The van der Waals surface area contributed by atoms with E-state index in [1.54, 1.807) is 19.1 Å². The molecule has 2 aromatic rings. The van der Waals surface area contributed by atoms with Gasteiger partial charge in [-0.3, -0.25) is 14.8 Å². The number of aromatic nitrogens is 3. The number of halogens is 5. The topological polar surface area (TPSA) is 109 Å². The molecule has 2 atom stereocenters. The summed E-state index contributed by atoms with van der Waals surface area (Å²) in [4.78, 5) is 29.5. The van der Waals surface area contributed by atoms with Crippen LogP contribution in [-0.4, -0.2) is 64.1 Å². The van der Waals surface area contributed by atoms with Crippen molar-refractivity contribution in [1.29, 1.82) is 0 Å². The van der Waals surface area contributed by atoms with Crippen molar-refractivity contribution in [3.05, 3.63) is 53.7 Å². The minimum Gasteiger partial charge on any atom is -0.394 e. The van der Waals surface area contributed by atoms with Gasteiger partial charge in [0, 0.05) is 62.2 Å². The second-order valence-electron chi connectivity index (χ2n) is 8.17. The fourth-order valence-electron chi connectivity index (χ4n) is 3.86. The van der Waals surface area contributed by atoms with Crippen LogP contribution in [0.15, 0.2) is 47.6 Å². The first-order valence-corrected chi connectivity index (χ1v) is 10.6. The van der Waals surface area contributed by atoms with Gasteiger partial charge in [0.25, 0.3) is 11.8 Å². The zero-order valence-corrected chi connectivity index (χ0v) is 18.9. The summed E-state index contributed by atoms with van der Waals surface area (Å²) >= 11 is 0. The predicted octanol–water partition coefficient (Wildman–Crippen LogP) is 3.25. The second kappa shape index (κ2) is 10.3. The number of allylic oxidation sites excluding steroid dienone is 1. The van der Waals surface area contributed by atoms with Crippen molar-refractivity contribution >= 4 is 23.6 Å². The third kappa shape index (κ3) is 6.28. The highest BCUT2D eigenvalue weighted by Gasteiger charge is 2.46. The monoisotopic (exact) mass is 497 g/mol. The Morgan fingerprint density at radius 3 is 2.57 bits per heavy atom. The first kappa shape index (κ1) is 26.0. The van der Waals surface area contributed by atoms with E-state index >= 15 is 0 Å². The molecule has 0 aliphatic carbocycles. The van der Waals surface area contributed by atoms with Crippen molar-refractivity contribution in [3.63, 3.8) is 0 Å². The molecule has 0 saturated carbocycles. The zero-order valence-electron chi connectivity index (χ0n) is 18.9. The number of aliphatic imine (C=N–C) groups is 1. The van der Waals surface area contributed by atoms with Crippen LogP contribution in [0.2, 0.25) is 0 Å². The van der Waals surface area contributed by atoms with E-state index in [2.05, 4.69) is 25.3 Å². The van der Waals surface area contributed by atoms with Gasteiger partial charge in [-0.15, -0.1) is 0 Å². The first-order valence-electron chi connectivity index (χ1n) is 10.6. The summed E-state index contributed by atoms with van der Waals surface area (Å²) in [5.74, 6) is -4.77. The Kier molecular flexibility index (Phi) is 7.66. The number of carbonyl (C=O) groups is 1. The molecule has 1 aliphatic heterocycles. The van der Waals surface area contributed by atoms with Crippen LogP contribution in [0, 0.1) is 5.92 Å².